The first-order valence-electron chi connectivity index (χ1n) is 7.17. The molecule has 1 aromatic rings. The van der Waals surface area contributed by atoms with Crippen LogP contribution in [-0.4, -0.2) is 42.6 Å². The number of rotatable bonds is 7. The van der Waals surface area contributed by atoms with Gasteiger partial charge >= 0.3 is 0 Å². The number of likely N-dealkylation sites (tertiary alicyclic amines) is 1. The summed E-state index contributed by atoms with van der Waals surface area (Å²) in [4.78, 5) is 6.92. The van der Waals surface area contributed by atoms with Crippen LogP contribution in [0.1, 0.15) is 25.5 Å². The molecule has 18 heavy (non-hydrogen) atoms. The number of hydrogen-bond acceptors (Lipinski definition) is 3. The van der Waals surface area contributed by atoms with Crippen LogP contribution in [0.2, 0.25) is 0 Å². The van der Waals surface area contributed by atoms with E-state index in [-0.39, 0.29) is 0 Å². The SMILES string of the molecule is CC(CNCCc1ccccn1)CN1CCCC1. The highest BCUT2D eigenvalue weighted by Gasteiger charge is 2.13. The van der Waals surface area contributed by atoms with Gasteiger partial charge in [-0.3, -0.25) is 4.98 Å². The van der Waals surface area contributed by atoms with E-state index in [9.17, 15) is 0 Å². The van der Waals surface area contributed by atoms with E-state index >= 15 is 0 Å². The Kier molecular flexibility index (Phi) is 5.62. The fraction of sp³-hybridized carbons (Fsp3) is 0.667. The van der Waals surface area contributed by atoms with Crippen molar-refractivity contribution in [3.8, 4) is 0 Å². The molecule has 0 aromatic carbocycles. The molecule has 1 saturated heterocycles. The van der Waals surface area contributed by atoms with Gasteiger partial charge in [0.05, 0.1) is 0 Å². The van der Waals surface area contributed by atoms with Gasteiger partial charge in [0.1, 0.15) is 0 Å². The summed E-state index contributed by atoms with van der Waals surface area (Å²) in [5.41, 5.74) is 1.18. The van der Waals surface area contributed by atoms with E-state index in [4.69, 9.17) is 0 Å². The van der Waals surface area contributed by atoms with Crippen molar-refractivity contribution in [1.82, 2.24) is 15.2 Å². The Hall–Kier alpha value is -0.930. The van der Waals surface area contributed by atoms with Gasteiger partial charge in [-0.15, -0.1) is 0 Å². The molecule has 1 aromatic heterocycles. The van der Waals surface area contributed by atoms with Gasteiger partial charge in [0.2, 0.25) is 0 Å². The van der Waals surface area contributed by atoms with Gasteiger partial charge in [-0.1, -0.05) is 13.0 Å². The van der Waals surface area contributed by atoms with Gasteiger partial charge in [0.25, 0.3) is 0 Å². The normalized spacial score (nSPS) is 18.1. The molecule has 0 bridgehead atoms. The smallest absolute Gasteiger partial charge is 0.0416 e. The Labute approximate surface area is 111 Å². The summed E-state index contributed by atoms with van der Waals surface area (Å²) in [5, 5.41) is 3.54. The van der Waals surface area contributed by atoms with Crippen LogP contribution in [0.3, 0.4) is 0 Å². The second kappa shape index (κ2) is 7.49. The fourth-order valence-corrected chi connectivity index (χ4v) is 2.58. The maximum atomic E-state index is 4.33. The zero-order valence-corrected chi connectivity index (χ0v) is 11.4. The second-order valence-electron chi connectivity index (χ2n) is 5.39. The van der Waals surface area contributed by atoms with Crippen LogP contribution in [0.25, 0.3) is 0 Å². The molecule has 1 aliphatic rings. The molecule has 2 rings (SSSR count). The monoisotopic (exact) mass is 247 g/mol. The molecule has 100 valence electrons. The lowest BCUT2D eigenvalue weighted by Gasteiger charge is -2.20. The molecule has 1 atom stereocenters. The lowest BCUT2D eigenvalue weighted by atomic mass is 10.1. The maximum absolute atomic E-state index is 4.33. The summed E-state index contributed by atoms with van der Waals surface area (Å²) in [6, 6.07) is 6.11. The number of pyridine rings is 1. The van der Waals surface area contributed by atoms with E-state index in [1.54, 1.807) is 0 Å². The third kappa shape index (κ3) is 4.75. The van der Waals surface area contributed by atoms with Crippen molar-refractivity contribution < 1.29 is 0 Å². The van der Waals surface area contributed by atoms with E-state index in [1.165, 1.54) is 38.2 Å². The average molecular weight is 247 g/mol. The fourth-order valence-electron chi connectivity index (χ4n) is 2.58. The average Bonchev–Trinajstić information content (AvgIpc) is 2.89. The third-order valence-electron chi connectivity index (χ3n) is 3.55. The van der Waals surface area contributed by atoms with Crippen LogP contribution in [-0.2, 0) is 6.42 Å². The minimum Gasteiger partial charge on any atom is -0.316 e. The Bertz CT molecular complexity index is 320. The van der Waals surface area contributed by atoms with Crippen molar-refractivity contribution in [2.45, 2.75) is 26.2 Å². The second-order valence-corrected chi connectivity index (χ2v) is 5.39. The Morgan fingerprint density at radius 3 is 2.89 bits per heavy atom. The molecule has 0 radical (unpaired) electrons. The molecule has 0 aliphatic carbocycles. The van der Waals surface area contributed by atoms with Crippen molar-refractivity contribution in [2.24, 2.45) is 5.92 Å². The topological polar surface area (TPSA) is 28.2 Å². The van der Waals surface area contributed by atoms with Crippen molar-refractivity contribution in [2.75, 3.05) is 32.7 Å². The minimum absolute atomic E-state index is 0.742. The van der Waals surface area contributed by atoms with E-state index < -0.39 is 0 Å². The number of aromatic nitrogens is 1. The van der Waals surface area contributed by atoms with Crippen LogP contribution in [0.5, 0.6) is 0 Å². The molecule has 1 aliphatic heterocycles. The van der Waals surface area contributed by atoms with Crippen molar-refractivity contribution >= 4 is 0 Å². The highest BCUT2D eigenvalue weighted by Crippen LogP contribution is 2.09. The predicted octanol–water partition coefficient (Wildman–Crippen LogP) is 1.95. The van der Waals surface area contributed by atoms with Gasteiger partial charge in [-0.05, 0) is 50.5 Å². The largest absolute Gasteiger partial charge is 0.316 e. The summed E-state index contributed by atoms with van der Waals surface area (Å²) < 4.78 is 0. The predicted molar refractivity (Wildman–Crippen MR) is 75.6 cm³/mol. The molecule has 1 fully saturated rings. The maximum Gasteiger partial charge on any atom is 0.0416 e. The van der Waals surface area contributed by atoms with Crippen LogP contribution in [0, 0.1) is 5.92 Å². The molecule has 2 heterocycles. The van der Waals surface area contributed by atoms with Crippen LogP contribution >= 0.6 is 0 Å². The summed E-state index contributed by atoms with van der Waals surface area (Å²) in [6.45, 7) is 8.34. The molecular formula is C15H25N3. The van der Waals surface area contributed by atoms with E-state index in [2.05, 4.69) is 34.3 Å². The zero-order chi connectivity index (χ0) is 12.6. The molecule has 0 saturated carbocycles. The molecule has 0 amide bonds. The summed E-state index contributed by atoms with van der Waals surface area (Å²) in [5.74, 6) is 0.742. The highest BCUT2D eigenvalue weighted by molar-refractivity contribution is 5.03. The molecule has 1 N–H and O–H groups in total. The summed E-state index contributed by atoms with van der Waals surface area (Å²) in [7, 11) is 0. The van der Waals surface area contributed by atoms with Gasteiger partial charge in [-0.2, -0.15) is 0 Å². The molecule has 1 unspecified atom stereocenters. The van der Waals surface area contributed by atoms with Gasteiger partial charge < -0.3 is 10.2 Å². The van der Waals surface area contributed by atoms with E-state index in [1.807, 2.05) is 12.3 Å². The molecule has 3 heteroatoms. The van der Waals surface area contributed by atoms with Crippen LogP contribution < -0.4 is 5.32 Å². The van der Waals surface area contributed by atoms with Crippen molar-refractivity contribution in [1.29, 1.82) is 0 Å². The van der Waals surface area contributed by atoms with Crippen LogP contribution in [0.4, 0.5) is 0 Å². The van der Waals surface area contributed by atoms with Crippen molar-refractivity contribution in [3.63, 3.8) is 0 Å². The highest BCUT2D eigenvalue weighted by atomic mass is 15.1. The first-order valence-corrected chi connectivity index (χ1v) is 7.17. The van der Waals surface area contributed by atoms with Crippen molar-refractivity contribution in [3.05, 3.63) is 30.1 Å². The lowest BCUT2D eigenvalue weighted by molar-refractivity contribution is 0.283. The number of nitrogens with zero attached hydrogens (tertiary/aromatic N) is 2. The van der Waals surface area contributed by atoms with E-state index in [0.29, 0.717) is 0 Å². The van der Waals surface area contributed by atoms with Gasteiger partial charge in [0, 0.05) is 31.4 Å². The Morgan fingerprint density at radius 2 is 2.17 bits per heavy atom. The standard InChI is InChI=1S/C15H25N3/c1-14(13-18-10-4-5-11-18)12-16-9-7-15-6-2-3-8-17-15/h2-3,6,8,14,16H,4-5,7,9-13H2,1H3. The summed E-state index contributed by atoms with van der Waals surface area (Å²) in [6.07, 6.45) is 5.67. The Morgan fingerprint density at radius 1 is 1.33 bits per heavy atom. The van der Waals surface area contributed by atoms with Gasteiger partial charge in [-0.25, -0.2) is 0 Å². The Balaban J connectivity index is 1.54. The van der Waals surface area contributed by atoms with Gasteiger partial charge in [0.15, 0.2) is 0 Å². The first-order chi connectivity index (χ1) is 8.84. The lowest BCUT2D eigenvalue weighted by Crippen LogP contribution is -2.32. The van der Waals surface area contributed by atoms with Crippen LogP contribution in [0.15, 0.2) is 24.4 Å². The van der Waals surface area contributed by atoms with E-state index in [0.717, 1.165) is 25.4 Å². The zero-order valence-electron chi connectivity index (χ0n) is 11.4. The summed E-state index contributed by atoms with van der Waals surface area (Å²) >= 11 is 0. The number of nitrogens with one attached hydrogen (secondary N) is 1. The third-order valence-corrected chi connectivity index (χ3v) is 3.55. The molecule has 3 nitrogen and oxygen atoms in total. The number of hydrogen-bond donors (Lipinski definition) is 1. The molecular weight excluding hydrogens is 222 g/mol. The first kappa shape index (κ1) is 13.5. The minimum atomic E-state index is 0.742. The quantitative estimate of drug-likeness (QED) is 0.746. The molecule has 0 spiro atoms.